The van der Waals surface area contributed by atoms with E-state index in [1.165, 1.54) is 24.8 Å². The Hall–Kier alpha value is -1.16. The van der Waals surface area contributed by atoms with Crippen LogP contribution in [0.25, 0.3) is 0 Å². The zero-order valence-corrected chi connectivity index (χ0v) is 13.1. The maximum absolute atomic E-state index is 4.53. The number of hydrogen-bond acceptors (Lipinski definition) is 4. The third-order valence-corrected chi connectivity index (χ3v) is 3.84. The van der Waals surface area contributed by atoms with Crippen LogP contribution in [0.15, 0.2) is 12.4 Å². The molecule has 1 atom stereocenters. The Morgan fingerprint density at radius 1 is 1.35 bits per heavy atom. The van der Waals surface area contributed by atoms with Gasteiger partial charge in [-0.15, -0.1) is 0 Å². The number of anilines is 1. The summed E-state index contributed by atoms with van der Waals surface area (Å²) in [5.74, 6) is 2.41. The number of hydrogen-bond donors (Lipinski definition) is 1. The average Bonchev–Trinajstić information content (AvgIpc) is 2.88. The molecular formula is C16H28N4. The van der Waals surface area contributed by atoms with E-state index in [4.69, 9.17) is 0 Å². The standard InChI is InChI=1S/C16H28N4/c1-4-5-14-6-7-20(12-14)16-18-10-15(11-19-16)9-17-8-13(2)3/h10-11,13-14,17H,4-9,12H2,1-3H3. The summed E-state index contributed by atoms with van der Waals surface area (Å²) in [4.78, 5) is 11.4. The normalized spacial score (nSPS) is 19.0. The summed E-state index contributed by atoms with van der Waals surface area (Å²) in [7, 11) is 0. The lowest BCUT2D eigenvalue weighted by Gasteiger charge is -2.16. The van der Waals surface area contributed by atoms with E-state index in [9.17, 15) is 0 Å². The number of nitrogens with zero attached hydrogens (tertiary/aromatic N) is 3. The van der Waals surface area contributed by atoms with Gasteiger partial charge in [-0.2, -0.15) is 0 Å². The molecule has 1 aromatic heterocycles. The van der Waals surface area contributed by atoms with Gasteiger partial charge in [0, 0.05) is 37.6 Å². The summed E-state index contributed by atoms with van der Waals surface area (Å²) in [5.41, 5.74) is 1.17. The van der Waals surface area contributed by atoms with Crippen molar-refractivity contribution < 1.29 is 0 Å². The van der Waals surface area contributed by atoms with Gasteiger partial charge in [-0.05, 0) is 31.2 Å². The van der Waals surface area contributed by atoms with Gasteiger partial charge in [0.2, 0.25) is 5.95 Å². The number of aromatic nitrogens is 2. The van der Waals surface area contributed by atoms with Crippen LogP contribution in [0.5, 0.6) is 0 Å². The molecule has 0 spiro atoms. The van der Waals surface area contributed by atoms with Crippen molar-refractivity contribution in [3.05, 3.63) is 18.0 Å². The highest BCUT2D eigenvalue weighted by Crippen LogP contribution is 2.23. The van der Waals surface area contributed by atoms with E-state index < -0.39 is 0 Å². The van der Waals surface area contributed by atoms with Crippen LogP contribution in [0.3, 0.4) is 0 Å². The van der Waals surface area contributed by atoms with Crippen LogP contribution in [0.2, 0.25) is 0 Å². The van der Waals surface area contributed by atoms with Crippen LogP contribution in [0.1, 0.15) is 45.6 Å². The predicted molar refractivity (Wildman–Crippen MR) is 83.8 cm³/mol. The van der Waals surface area contributed by atoms with E-state index in [-0.39, 0.29) is 0 Å². The molecule has 0 saturated carbocycles. The number of rotatable bonds is 7. The Kier molecular flexibility index (Phi) is 5.77. The fraction of sp³-hybridized carbons (Fsp3) is 0.750. The molecular weight excluding hydrogens is 248 g/mol. The highest BCUT2D eigenvalue weighted by molar-refractivity contribution is 5.31. The molecule has 1 unspecified atom stereocenters. The van der Waals surface area contributed by atoms with Gasteiger partial charge in [0.1, 0.15) is 0 Å². The Labute approximate surface area is 123 Å². The van der Waals surface area contributed by atoms with E-state index in [1.54, 1.807) is 0 Å². The van der Waals surface area contributed by atoms with Crippen molar-refractivity contribution in [3.8, 4) is 0 Å². The summed E-state index contributed by atoms with van der Waals surface area (Å²) < 4.78 is 0. The van der Waals surface area contributed by atoms with Gasteiger partial charge in [0.15, 0.2) is 0 Å². The average molecular weight is 276 g/mol. The third-order valence-electron chi connectivity index (χ3n) is 3.84. The summed E-state index contributed by atoms with van der Waals surface area (Å²) in [6.07, 6.45) is 7.81. The first-order valence-corrected chi connectivity index (χ1v) is 7.95. The van der Waals surface area contributed by atoms with Crippen LogP contribution < -0.4 is 10.2 Å². The van der Waals surface area contributed by atoms with Crippen molar-refractivity contribution in [2.24, 2.45) is 11.8 Å². The topological polar surface area (TPSA) is 41.1 Å². The maximum Gasteiger partial charge on any atom is 0.225 e. The molecule has 2 rings (SSSR count). The monoisotopic (exact) mass is 276 g/mol. The van der Waals surface area contributed by atoms with Crippen molar-refractivity contribution >= 4 is 5.95 Å². The Bertz CT molecular complexity index is 388. The molecule has 0 aliphatic carbocycles. The van der Waals surface area contributed by atoms with E-state index in [0.29, 0.717) is 5.92 Å². The Balaban J connectivity index is 1.82. The molecule has 1 fully saturated rings. The molecule has 1 aliphatic rings. The molecule has 20 heavy (non-hydrogen) atoms. The lowest BCUT2D eigenvalue weighted by Crippen LogP contribution is -2.23. The Morgan fingerprint density at radius 3 is 2.75 bits per heavy atom. The quantitative estimate of drug-likeness (QED) is 0.831. The molecule has 1 aromatic rings. The van der Waals surface area contributed by atoms with Crippen molar-refractivity contribution in [2.75, 3.05) is 24.5 Å². The molecule has 0 aromatic carbocycles. The van der Waals surface area contributed by atoms with Crippen LogP contribution in [0, 0.1) is 11.8 Å². The van der Waals surface area contributed by atoms with Gasteiger partial charge in [-0.3, -0.25) is 0 Å². The molecule has 2 heterocycles. The molecule has 1 saturated heterocycles. The van der Waals surface area contributed by atoms with Crippen molar-refractivity contribution in [3.63, 3.8) is 0 Å². The second-order valence-corrected chi connectivity index (χ2v) is 6.31. The van der Waals surface area contributed by atoms with Crippen LogP contribution in [-0.2, 0) is 6.54 Å². The van der Waals surface area contributed by atoms with E-state index in [0.717, 1.165) is 38.0 Å². The zero-order chi connectivity index (χ0) is 14.4. The van der Waals surface area contributed by atoms with Gasteiger partial charge in [-0.25, -0.2) is 9.97 Å². The van der Waals surface area contributed by atoms with E-state index >= 15 is 0 Å². The van der Waals surface area contributed by atoms with Gasteiger partial charge in [0.25, 0.3) is 0 Å². The van der Waals surface area contributed by atoms with Crippen molar-refractivity contribution in [2.45, 2.75) is 46.6 Å². The predicted octanol–water partition coefficient (Wildman–Crippen LogP) is 2.85. The fourth-order valence-electron chi connectivity index (χ4n) is 2.77. The second kappa shape index (κ2) is 7.58. The van der Waals surface area contributed by atoms with Crippen LogP contribution >= 0.6 is 0 Å². The first-order chi connectivity index (χ1) is 9.69. The minimum atomic E-state index is 0.676. The molecule has 4 nitrogen and oxygen atoms in total. The maximum atomic E-state index is 4.53. The summed E-state index contributed by atoms with van der Waals surface area (Å²) in [6, 6.07) is 0. The smallest absolute Gasteiger partial charge is 0.225 e. The first-order valence-electron chi connectivity index (χ1n) is 7.95. The third kappa shape index (κ3) is 4.44. The molecule has 1 N–H and O–H groups in total. The molecule has 0 radical (unpaired) electrons. The zero-order valence-electron chi connectivity index (χ0n) is 13.1. The molecule has 4 heteroatoms. The molecule has 0 amide bonds. The summed E-state index contributed by atoms with van der Waals surface area (Å²) >= 11 is 0. The number of nitrogens with one attached hydrogen (secondary N) is 1. The lowest BCUT2D eigenvalue weighted by molar-refractivity contribution is 0.529. The lowest BCUT2D eigenvalue weighted by atomic mass is 10.0. The summed E-state index contributed by atoms with van der Waals surface area (Å²) in [6.45, 7) is 10.8. The second-order valence-electron chi connectivity index (χ2n) is 6.31. The minimum absolute atomic E-state index is 0.676. The van der Waals surface area contributed by atoms with Gasteiger partial charge in [0.05, 0.1) is 0 Å². The van der Waals surface area contributed by atoms with E-state index in [2.05, 4.69) is 41.0 Å². The fourth-order valence-corrected chi connectivity index (χ4v) is 2.77. The molecule has 112 valence electrons. The highest BCUT2D eigenvalue weighted by Gasteiger charge is 2.23. The van der Waals surface area contributed by atoms with Crippen molar-refractivity contribution in [1.82, 2.24) is 15.3 Å². The van der Waals surface area contributed by atoms with Crippen molar-refractivity contribution in [1.29, 1.82) is 0 Å². The van der Waals surface area contributed by atoms with Crippen LogP contribution in [0.4, 0.5) is 5.95 Å². The minimum Gasteiger partial charge on any atom is -0.341 e. The van der Waals surface area contributed by atoms with Crippen LogP contribution in [-0.4, -0.2) is 29.6 Å². The molecule has 1 aliphatic heterocycles. The Morgan fingerprint density at radius 2 is 2.10 bits per heavy atom. The SMILES string of the molecule is CCCC1CCN(c2ncc(CNCC(C)C)cn2)C1. The van der Waals surface area contributed by atoms with Gasteiger partial charge >= 0.3 is 0 Å². The van der Waals surface area contributed by atoms with E-state index in [1.807, 2.05) is 12.4 Å². The largest absolute Gasteiger partial charge is 0.341 e. The first kappa shape index (κ1) is 15.2. The molecule has 0 bridgehead atoms. The highest BCUT2D eigenvalue weighted by atomic mass is 15.3. The van der Waals surface area contributed by atoms with Gasteiger partial charge in [-0.1, -0.05) is 27.2 Å². The summed E-state index contributed by atoms with van der Waals surface area (Å²) in [5, 5.41) is 3.42. The van der Waals surface area contributed by atoms with Gasteiger partial charge < -0.3 is 10.2 Å².